The summed E-state index contributed by atoms with van der Waals surface area (Å²) in [6.07, 6.45) is 1.80. The van der Waals surface area contributed by atoms with E-state index in [0.717, 1.165) is 16.0 Å². The van der Waals surface area contributed by atoms with E-state index in [9.17, 15) is 4.79 Å². The molecule has 2 aromatic heterocycles. The average Bonchev–Trinajstić information content (AvgIpc) is 3.17. The van der Waals surface area contributed by atoms with Crippen LogP contribution >= 0.6 is 11.8 Å². The Morgan fingerprint density at radius 3 is 2.55 bits per heavy atom. The molecular formula is C22H21N3O3S. The van der Waals surface area contributed by atoms with Crippen molar-refractivity contribution in [3.05, 3.63) is 82.9 Å². The van der Waals surface area contributed by atoms with Crippen LogP contribution in [-0.2, 0) is 16.1 Å². The number of fused-ring (bicyclic) bond motifs is 1. The summed E-state index contributed by atoms with van der Waals surface area (Å²) in [4.78, 5) is 19.4. The maximum Gasteiger partial charge on any atom is 0.272 e. The van der Waals surface area contributed by atoms with Crippen molar-refractivity contribution in [1.29, 1.82) is 0 Å². The Morgan fingerprint density at radius 1 is 1.03 bits per heavy atom. The second-order valence-corrected chi connectivity index (χ2v) is 7.56. The van der Waals surface area contributed by atoms with Crippen molar-refractivity contribution in [2.24, 2.45) is 0 Å². The van der Waals surface area contributed by atoms with Gasteiger partial charge in [0.05, 0.1) is 25.5 Å². The first-order chi connectivity index (χ1) is 14.2. The first-order valence-electron chi connectivity index (χ1n) is 9.24. The number of hydrogen-bond donors (Lipinski definition) is 1. The van der Waals surface area contributed by atoms with Crippen molar-refractivity contribution in [2.45, 2.75) is 16.4 Å². The van der Waals surface area contributed by atoms with Crippen molar-refractivity contribution < 1.29 is 9.47 Å². The number of hydrogen-bond acceptors (Lipinski definition) is 5. The van der Waals surface area contributed by atoms with Gasteiger partial charge in [-0.25, -0.2) is 9.50 Å². The van der Waals surface area contributed by atoms with Crippen molar-refractivity contribution in [1.82, 2.24) is 14.6 Å². The molecule has 1 N–H and O–H groups in total. The predicted octanol–water partition coefficient (Wildman–Crippen LogP) is 4.00. The summed E-state index contributed by atoms with van der Waals surface area (Å²) in [6, 6.07) is 20.0. The molecule has 0 radical (unpaired) electrons. The first-order valence-corrected chi connectivity index (χ1v) is 10.1. The topological polar surface area (TPSA) is 68.6 Å². The Balaban J connectivity index is 1.58. The van der Waals surface area contributed by atoms with Crippen LogP contribution in [0.3, 0.4) is 0 Å². The summed E-state index contributed by atoms with van der Waals surface area (Å²) >= 11 is 1.71. The van der Waals surface area contributed by atoms with E-state index in [0.29, 0.717) is 24.6 Å². The maximum atomic E-state index is 12.4. The van der Waals surface area contributed by atoms with Crippen LogP contribution in [0.4, 0.5) is 0 Å². The van der Waals surface area contributed by atoms with Crippen LogP contribution in [0.1, 0.15) is 5.69 Å². The standard InChI is InChI=1S/C22H21N3O3S/c1-27-11-12-28-15-17-13-21(26)25-22(24-17)20(14-23-25)16-7-9-19(10-8-16)29-18-5-3-2-4-6-18/h2-10,13-14,23H,11-12,15H2,1H3. The van der Waals surface area contributed by atoms with Gasteiger partial charge in [0.1, 0.15) is 0 Å². The maximum absolute atomic E-state index is 12.4. The van der Waals surface area contributed by atoms with Gasteiger partial charge in [0.15, 0.2) is 5.65 Å². The van der Waals surface area contributed by atoms with E-state index in [4.69, 9.17) is 9.47 Å². The molecule has 0 aliphatic rings. The highest BCUT2D eigenvalue weighted by molar-refractivity contribution is 7.99. The molecule has 0 aliphatic heterocycles. The Labute approximate surface area is 172 Å². The minimum Gasteiger partial charge on any atom is -0.382 e. The molecule has 7 heteroatoms. The third kappa shape index (κ3) is 4.59. The van der Waals surface area contributed by atoms with Gasteiger partial charge in [-0.15, -0.1) is 0 Å². The molecule has 2 heterocycles. The summed E-state index contributed by atoms with van der Waals surface area (Å²) < 4.78 is 11.9. The lowest BCUT2D eigenvalue weighted by atomic mass is 10.1. The fourth-order valence-corrected chi connectivity index (χ4v) is 3.80. The van der Waals surface area contributed by atoms with E-state index in [1.165, 1.54) is 15.5 Å². The SMILES string of the molecule is COCCOCc1cc(=O)n2[nH]cc(-c3ccc(Sc4ccccc4)cc3)c2n1. The molecule has 0 unspecified atom stereocenters. The molecule has 0 amide bonds. The number of H-pyrrole nitrogens is 1. The van der Waals surface area contributed by atoms with Gasteiger partial charge in [-0.3, -0.25) is 9.89 Å². The average molecular weight is 407 g/mol. The molecule has 4 aromatic rings. The summed E-state index contributed by atoms with van der Waals surface area (Å²) in [5.41, 5.74) is 2.89. The van der Waals surface area contributed by atoms with Crippen molar-refractivity contribution in [2.75, 3.05) is 20.3 Å². The third-order valence-electron chi connectivity index (χ3n) is 4.38. The van der Waals surface area contributed by atoms with E-state index in [1.807, 2.05) is 30.3 Å². The largest absolute Gasteiger partial charge is 0.382 e. The molecule has 0 spiro atoms. The number of nitrogens with one attached hydrogen (secondary N) is 1. The lowest BCUT2D eigenvalue weighted by molar-refractivity contribution is 0.0602. The number of ether oxygens (including phenoxy) is 2. The van der Waals surface area contributed by atoms with E-state index >= 15 is 0 Å². The number of rotatable bonds is 8. The summed E-state index contributed by atoms with van der Waals surface area (Å²) in [5, 5.41) is 2.99. The summed E-state index contributed by atoms with van der Waals surface area (Å²) in [7, 11) is 1.62. The van der Waals surface area contributed by atoms with Crippen LogP contribution in [-0.4, -0.2) is 34.9 Å². The van der Waals surface area contributed by atoms with Gasteiger partial charge in [-0.2, -0.15) is 0 Å². The molecule has 4 rings (SSSR count). The second-order valence-electron chi connectivity index (χ2n) is 6.42. The molecule has 6 nitrogen and oxygen atoms in total. The Morgan fingerprint density at radius 2 is 1.79 bits per heavy atom. The van der Waals surface area contributed by atoms with Crippen LogP contribution in [0, 0.1) is 0 Å². The lowest BCUT2D eigenvalue weighted by Crippen LogP contribution is -2.16. The zero-order valence-electron chi connectivity index (χ0n) is 16.0. The van der Waals surface area contributed by atoms with Gasteiger partial charge in [-0.05, 0) is 29.8 Å². The molecule has 148 valence electrons. The second kappa shape index (κ2) is 9.09. The Bertz CT molecular complexity index is 1140. The van der Waals surface area contributed by atoms with E-state index in [2.05, 4.69) is 34.3 Å². The summed E-state index contributed by atoms with van der Waals surface area (Å²) in [6.45, 7) is 1.23. The van der Waals surface area contributed by atoms with Crippen molar-refractivity contribution >= 4 is 17.4 Å². The normalized spacial score (nSPS) is 11.2. The Kier molecular flexibility index (Phi) is 6.09. The molecular weight excluding hydrogens is 386 g/mol. The number of benzene rings is 2. The van der Waals surface area contributed by atoms with Gasteiger partial charge in [0.25, 0.3) is 5.56 Å². The monoisotopic (exact) mass is 407 g/mol. The fraction of sp³-hybridized carbons (Fsp3) is 0.182. The minimum absolute atomic E-state index is 0.164. The van der Waals surface area contributed by atoms with E-state index in [-0.39, 0.29) is 12.2 Å². The fourth-order valence-electron chi connectivity index (χ4n) is 2.96. The third-order valence-corrected chi connectivity index (χ3v) is 5.39. The molecule has 0 aliphatic carbocycles. The van der Waals surface area contributed by atoms with E-state index in [1.54, 1.807) is 25.1 Å². The predicted molar refractivity (Wildman–Crippen MR) is 113 cm³/mol. The minimum atomic E-state index is -0.164. The van der Waals surface area contributed by atoms with Gasteiger partial charge in [-0.1, -0.05) is 42.1 Å². The number of aromatic nitrogens is 3. The number of nitrogens with zero attached hydrogens (tertiary/aromatic N) is 2. The van der Waals surface area contributed by atoms with Crippen molar-refractivity contribution in [3.8, 4) is 11.1 Å². The van der Waals surface area contributed by atoms with Crippen LogP contribution in [0.15, 0.2) is 81.4 Å². The molecule has 29 heavy (non-hydrogen) atoms. The lowest BCUT2D eigenvalue weighted by Gasteiger charge is -2.05. The highest BCUT2D eigenvalue weighted by Gasteiger charge is 2.11. The quantitative estimate of drug-likeness (QED) is 0.447. The van der Waals surface area contributed by atoms with E-state index < -0.39 is 0 Å². The highest BCUT2D eigenvalue weighted by atomic mass is 32.2. The Hall–Kier alpha value is -2.87. The zero-order chi connectivity index (χ0) is 20.1. The van der Waals surface area contributed by atoms with Crippen LogP contribution < -0.4 is 5.56 Å². The van der Waals surface area contributed by atoms with Crippen molar-refractivity contribution in [3.63, 3.8) is 0 Å². The molecule has 0 fully saturated rings. The molecule has 0 atom stereocenters. The van der Waals surface area contributed by atoms with Crippen LogP contribution in [0.2, 0.25) is 0 Å². The smallest absolute Gasteiger partial charge is 0.272 e. The van der Waals surface area contributed by atoms with Crippen LogP contribution in [0.25, 0.3) is 16.8 Å². The molecule has 0 saturated carbocycles. The molecule has 0 saturated heterocycles. The first kappa shape index (κ1) is 19.4. The number of methoxy groups -OCH3 is 1. The van der Waals surface area contributed by atoms with Gasteiger partial charge in [0.2, 0.25) is 0 Å². The van der Waals surface area contributed by atoms with Gasteiger partial charge >= 0.3 is 0 Å². The zero-order valence-corrected chi connectivity index (χ0v) is 16.8. The molecule has 2 aromatic carbocycles. The van der Waals surface area contributed by atoms with Crippen LogP contribution in [0.5, 0.6) is 0 Å². The molecule has 0 bridgehead atoms. The summed E-state index contributed by atoms with van der Waals surface area (Å²) in [5.74, 6) is 0. The highest BCUT2D eigenvalue weighted by Crippen LogP contribution is 2.30. The van der Waals surface area contributed by atoms with Gasteiger partial charge in [0, 0.05) is 34.7 Å². The van der Waals surface area contributed by atoms with Gasteiger partial charge < -0.3 is 9.47 Å². The number of aromatic amines is 1.